The third-order valence-electron chi connectivity index (χ3n) is 5.26. The lowest BCUT2D eigenvalue weighted by atomic mass is 9.79. The largest absolute Gasteiger partial charge is 0.493 e. The highest BCUT2D eigenvalue weighted by Gasteiger charge is 2.38. The predicted molar refractivity (Wildman–Crippen MR) is 103 cm³/mol. The van der Waals surface area contributed by atoms with E-state index in [4.69, 9.17) is 19.9 Å². The molecule has 146 valence electrons. The fourth-order valence-electron chi connectivity index (χ4n) is 3.31. The Morgan fingerprint density at radius 1 is 1.12 bits per heavy atom. The maximum atomic E-state index is 12.6. The highest BCUT2D eigenvalue weighted by molar-refractivity contribution is 5.95. The van der Waals surface area contributed by atoms with E-state index >= 15 is 0 Å². The minimum Gasteiger partial charge on any atom is -0.493 e. The van der Waals surface area contributed by atoms with Crippen LogP contribution in [-0.4, -0.2) is 45.5 Å². The van der Waals surface area contributed by atoms with Crippen LogP contribution >= 0.6 is 12.4 Å². The SMILES string of the molecule is Cl.NCC1(C(=O)Nc2ccc(OCC3CCOCC3)cc2)CCOCC1. The number of amides is 1. The number of carbonyl (C=O) groups excluding carboxylic acids is 1. The molecule has 6 nitrogen and oxygen atoms in total. The number of nitrogens with one attached hydrogen (secondary N) is 1. The summed E-state index contributed by atoms with van der Waals surface area (Å²) in [5.74, 6) is 1.37. The van der Waals surface area contributed by atoms with Crippen molar-refractivity contribution in [3.63, 3.8) is 0 Å². The van der Waals surface area contributed by atoms with Crippen molar-refractivity contribution in [2.24, 2.45) is 17.1 Å². The lowest BCUT2D eigenvalue weighted by Crippen LogP contribution is -2.46. The second-order valence-electron chi connectivity index (χ2n) is 6.94. The van der Waals surface area contributed by atoms with E-state index in [1.807, 2.05) is 24.3 Å². The molecule has 0 aliphatic carbocycles. The maximum absolute atomic E-state index is 12.6. The minimum atomic E-state index is -0.517. The smallest absolute Gasteiger partial charge is 0.232 e. The van der Waals surface area contributed by atoms with Gasteiger partial charge in [0.05, 0.1) is 12.0 Å². The lowest BCUT2D eigenvalue weighted by molar-refractivity contribution is -0.130. The van der Waals surface area contributed by atoms with Crippen molar-refractivity contribution in [1.29, 1.82) is 0 Å². The lowest BCUT2D eigenvalue weighted by Gasteiger charge is -2.34. The molecule has 3 N–H and O–H groups in total. The summed E-state index contributed by atoms with van der Waals surface area (Å²) in [4.78, 5) is 12.6. The summed E-state index contributed by atoms with van der Waals surface area (Å²) in [6.07, 6.45) is 3.45. The van der Waals surface area contributed by atoms with E-state index < -0.39 is 5.41 Å². The number of hydrogen-bond acceptors (Lipinski definition) is 5. The second kappa shape index (κ2) is 10.1. The molecule has 2 heterocycles. The topological polar surface area (TPSA) is 82.8 Å². The molecule has 26 heavy (non-hydrogen) atoms. The Morgan fingerprint density at radius 2 is 1.73 bits per heavy atom. The summed E-state index contributed by atoms with van der Waals surface area (Å²) in [5, 5.41) is 2.99. The summed E-state index contributed by atoms with van der Waals surface area (Å²) < 4.78 is 16.6. The van der Waals surface area contributed by atoms with Gasteiger partial charge < -0.3 is 25.3 Å². The van der Waals surface area contributed by atoms with Gasteiger partial charge >= 0.3 is 0 Å². The van der Waals surface area contributed by atoms with Gasteiger partial charge in [0.25, 0.3) is 0 Å². The van der Waals surface area contributed by atoms with Crippen LogP contribution in [0.15, 0.2) is 24.3 Å². The first-order valence-electron chi connectivity index (χ1n) is 9.12. The van der Waals surface area contributed by atoms with Crippen molar-refractivity contribution in [3.05, 3.63) is 24.3 Å². The average molecular weight is 385 g/mol. The number of nitrogens with two attached hydrogens (primary N) is 1. The van der Waals surface area contributed by atoms with Crippen molar-refractivity contribution in [2.75, 3.05) is 44.9 Å². The summed E-state index contributed by atoms with van der Waals surface area (Å²) in [7, 11) is 0. The Hall–Kier alpha value is -1.34. The molecular formula is C19H29ClN2O4. The van der Waals surface area contributed by atoms with Crippen molar-refractivity contribution in [3.8, 4) is 5.75 Å². The average Bonchev–Trinajstić information content (AvgIpc) is 2.68. The van der Waals surface area contributed by atoms with Crippen LogP contribution < -0.4 is 15.8 Å². The molecular weight excluding hydrogens is 356 g/mol. The van der Waals surface area contributed by atoms with E-state index in [-0.39, 0.29) is 18.3 Å². The van der Waals surface area contributed by atoms with E-state index in [1.54, 1.807) is 0 Å². The number of benzene rings is 1. The fourth-order valence-corrected chi connectivity index (χ4v) is 3.31. The Morgan fingerprint density at radius 3 is 2.35 bits per heavy atom. The van der Waals surface area contributed by atoms with Crippen LogP contribution in [0.1, 0.15) is 25.7 Å². The summed E-state index contributed by atoms with van der Waals surface area (Å²) in [5.41, 5.74) is 6.13. The zero-order valence-corrected chi connectivity index (χ0v) is 15.9. The van der Waals surface area contributed by atoms with Crippen LogP contribution in [-0.2, 0) is 14.3 Å². The predicted octanol–water partition coefficient (Wildman–Crippen LogP) is 2.61. The number of anilines is 1. The van der Waals surface area contributed by atoms with Gasteiger partial charge in [-0.3, -0.25) is 4.79 Å². The van der Waals surface area contributed by atoms with E-state index in [0.717, 1.165) is 37.5 Å². The quantitative estimate of drug-likeness (QED) is 0.787. The van der Waals surface area contributed by atoms with Crippen LogP contribution in [0.5, 0.6) is 5.75 Å². The molecule has 0 bridgehead atoms. The third kappa shape index (κ3) is 5.33. The van der Waals surface area contributed by atoms with E-state index in [2.05, 4.69) is 5.32 Å². The van der Waals surface area contributed by atoms with E-state index in [1.165, 1.54) is 0 Å². The first kappa shape index (κ1) is 21.0. The minimum absolute atomic E-state index is 0. The molecule has 1 aromatic rings. The second-order valence-corrected chi connectivity index (χ2v) is 6.94. The fraction of sp³-hybridized carbons (Fsp3) is 0.632. The molecule has 0 unspecified atom stereocenters. The van der Waals surface area contributed by atoms with Crippen molar-refractivity contribution < 1.29 is 19.0 Å². The van der Waals surface area contributed by atoms with Gasteiger partial charge in [0.1, 0.15) is 5.75 Å². The molecule has 7 heteroatoms. The Bertz CT molecular complexity index is 555. The first-order chi connectivity index (χ1) is 12.2. The van der Waals surface area contributed by atoms with Gasteiger partial charge in [-0.05, 0) is 55.9 Å². The standard InChI is InChI=1S/C19H28N2O4.ClH/c20-14-19(7-11-24-12-8-19)18(22)21-16-1-3-17(4-2-16)25-13-15-5-9-23-10-6-15;/h1-4,15H,5-14,20H2,(H,21,22);1H. The normalized spacial score (nSPS) is 20.0. The Kier molecular flexibility index (Phi) is 8.15. The molecule has 0 saturated carbocycles. The molecule has 0 spiro atoms. The van der Waals surface area contributed by atoms with Crippen LogP contribution in [0.3, 0.4) is 0 Å². The molecule has 1 amide bonds. The molecule has 1 aromatic carbocycles. The van der Waals surface area contributed by atoms with Crippen LogP contribution in [0.25, 0.3) is 0 Å². The van der Waals surface area contributed by atoms with Crippen molar-refractivity contribution in [2.45, 2.75) is 25.7 Å². The summed E-state index contributed by atoms with van der Waals surface area (Å²) in [6, 6.07) is 7.55. The molecule has 0 aromatic heterocycles. The third-order valence-corrected chi connectivity index (χ3v) is 5.26. The van der Waals surface area contributed by atoms with Crippen molar-refractivity contribution in [1.82, 2.24) is 0 Å². The van der Waals surface area contributed by atoms with Crippen LogP contribution in [0.2, 0.25) is 0 Å². The number of hydrogen-bond donors (Lipinski definition) is 2. The van der Waals surface area contributed by atoms with Gasteiger partial charge in [0.2, 0.25) is 5.91 Å². The molecule has 2 fully saturated rings. The zero-order chi connectivity index (χ0) is 17.5. The van der Waals surface area contributed by atoms with Gasteiger partial charge in [0.15, 0.2) is 0 Å². The Balaban J connectivity index is 0.00000243. The van der Waals surface area contributed by atoms with E-state index in [9.17, 15) is 4.79 Å². The van der Waals surface area contributed by atoms with Crippen molar-refractivity contribution >= 4 is 24.0 Å². The van der Waals surface area contributed by atoms with Crippen LogP contribution in [0.4, 0.5) is 5.69 Å². The highest BCUT2D eigenvalue weighted by atomic mass is 35.5. The highest BCUT2D eigenvalue weighted by Crippen LogP contribution is 2.31. The van der Waals surface area contributed by atoms with Gasteiger partial charge in [-0.2, -0.15) is 0 Å². The number of carbonyl (C=O) groups is 1. The van der Waals surface area contributed by atoms with Gasteiger partial charge in [-0.1, -0.05) is 0 Å². The number of halogens is 1. The summed E-state index contributed by atoms with van der Waals surface area (Å²) >= 11 is 0. The zero-order valence-electron chi connectivity index (χ0n) is 15.1. The molecule has 2 aliphatic rings. The maximum Gasteiger partial charge on any atom is 0.232 e. The first-order valence-corrected chi connectivity index (χ1v) is 9.12. The molecule has 0 radical (unpaired) electrons. The molecule has 0 atom stereocenters. The molecule has 3 rings (SSSR count). The number of rotatable bonds is 6. The van der Waals surface area contributed by atoms with Crippen LogP contribution in [0, 0.1) is 11.3 Å². The van der Waals surface area contributed by atoms with Gasteiger partial charge in [-0.25, -0.2) is 0 Å². The van der Waals surface area contributed by atoms with Gasteiger partial charge in [-0.15, -0.1) is 12.4 Å². The Labute approximate surface area is 161 Å². The molecule has 2 saturated heterocycles. The molecule has 2 aliphatic heterocycles. The van der Waals surface area contributed by atoms with E-state index in [0.29, 0.717) is 45.1 Å². The van der Waals surface area contributed by atoms with Gasteiger partial charge in [0, 0.05) is 38.7 Å². The number of ether oxygens (including phenoxy) is 3. The monoisotopic (exact) mass is 384 g/mol. The summed E-state index contributed by atoms with van der Waals surface area (Å²) in [6.45, 7) is 3.88.